The molecule has 0 bridgehead atoms. The van der Waals surface area contributed by atoms with E-state index in [9.17, 15) is 4.79 Å². The van der Waals surface area contributed by atoms with Crippen molar-refractivity contribution in [3.8, 4) is 0 Å². The van der Waals surface area contributed by atoms with E-state index < -0.39 is 0 Å². The second kappa shape index (κ2) is 6.22. The molecule has 0 aromatic carbocycles. The van der Waals surface area contributed by atoms with Gasteiger partial charge in [-0.25, -0.2) is 4.98 Å². The highest BCUT2D eigenvalue weighted by atomic mass is 32.1. The molecular weight excluding hydrogens is 270 g/mol. The standard InChI is InChI=1S/C15H23N3OS/c1-17-8-3-2-6-13(17)15(19)18-9-4-5-12(11-18)14-16-7-10-20-14/h7,10,12-13H,2-6,8-9,11H2,1H3/t12-,13-/m0/s1. The Morgan fingerprint density at radius 1 is 1.30 bits per heavy atom. The van der Waals surface area contributed by atoms with Gasteiger partial charge in [-0.1, -0.05) is 6.42 Å². The van der Waals surface area contributed by atoms with E-state index >= 15 is 0 Å². The Labute approximate surface area is 124 Å². The van der Waals surface area contributed by atoms with E-state index in [2.05, 4.69) is 21.8 Å². The average molecular weight is 293 g/mol. The lowest BCUT2D eigenvalue weighted by Gasteiger charge is -2.38. The van der Waals surface area contributed by atoms with Crippen molar-refractivity contribution in [1.82, 2.24) is 14.8 Å². The van der Waals surface area contributed by atoms with Crippen LogP contribution in [-0.2, 0) is 4.79 Å². The van der Waals surface area contributed by atoms with Crippen LogP contribution in [0, 0.1) is 0 Å². The van der Waals surface area contributed by atoms with Crippen LogP contribution in [0.25, 0.3) is 0 Å². The van der Waals surface area contributed by atoms with E-state index in [0.717, 1.165) is 38.9 Å². The molecule has 3 heterocycles. The first kappa shape index (κ1) is 14.0. The first-order chi connectivity index (χ1) is 9.75. The predicted octanol–water partition coefficient (Wildman–Crippen LogP) is 2.33. The first-order valence-electron chi connectivity index (χ1n) is 7.64. The highest BCUT2D eigenvalue weighted by molar-refractivity contribution is 7.09. The van der Waals surface area contributed by atoms with Crippen molar-refractivity contribution in [3.63, 3.8) is 0 Å². The molecule has 110 valence electrons. The summed E-state index contributed by atoms with van der Waals surface area (Å²) in [6, 6.07) is 0.110. The number of hydrogen-bond acceptors (Lipinski definition) is 4. The Kier molecular flexibility index (Phi) is 4.36. The third-order valence-corrected chi connectivity index (χ3v) is 5.53. The maximum atomic E-state index is 12.7. The second-order valence-corrected chi connectivity index (χ2v) is 6.91. The van der Waals surface area contributed by atoms with Crippen molar-refractivity contribution < 1.29 is 4.79 Å². The molecule has 1 aromatic heterocycles. The molecular formula is C15H23N3OS. The van der Waals surface area contributed by atoms with E-state index in [1.54, 1.807) is 11.3 Å². The summed E-state index contributed by atoms with van der Waals surface area (Å²) in [4.78, 5) is 21.5. The van der Waals surface area contributed by atoms with Crippen molar-refractivity contribution in [1.29, 1.82) is 0 Å². The summed E-state index contributed by atoms with van der Waals surface area (Å²) in [6.45, 7) is 2.84. The molecule has 0 N–H and O–H groups in total. The molecule has 0 saturated carbocycles. The molecule has 2 fully saturated rings. The zero-order chi connectivity index (χ0) is 13.9. The van der Waals surface area contributed by atoms with Gasteiger partial charge in [0.2, 0.25) is 5.91 Å². The summed E-state index contributed by atoms with van der Waals surface area (Å²) >= 11 is 1.72. The van der Waals surface area contributed by atoms with Gasteiger partial charge in [0, 0.05) is 30.6 Å². The number of aromatic nitrogens is 1. The number of likely N-dealkylation sites (N-methyl/N-ethyl adjacent to an activating group) is 1. The number of piperidine rings is 2. The van der Waals surface area contributed by atoms with Gasteiger partial charge in [-0.2, -0.15) is 0 Å². The first-order valence-corrected chi connectivity index (χ1v) is 8.52. The average Bonchev–Trinajstić information content (AvgIpc) is 3.01. The zero-order valence-corrected chi connectivity index (χ0v) is 12.9. The Morgan fingerprint density at radius 2 is 2.20 bits per heavy atom. The molecule has 2 atom stereocenters. The van der Waals surface area contributed by atoms with Crippen molar-refractivity contribution in [2.24, 2.45) is 0 Å². The normalized spacial score (nSPS) is 28.6. The van der Waals surface area contributed by atoms with E-state index in [4.69, 9.17) is 0 Å². The quantitative estimate of drug-likeness (QED) is 0.840. The van der Waals surface area contributed by atoms with Gasteiger partial charge >= 0.3 is 0 Å². The summed E-state index contributed by atoms with van der Waals surface area (Å²) in [5.41, 5.74) is 0. The molecule has 1 amide bonds. The van der Waals surface area contributed by atoms with Crippen molar-refractivity contribution in [3.05, 3.63) is 16.6 Å². The fourth-order valence-electron chi connectivity index (χ4n) is 3.41. The summed E-state index contributed by atoms with van der Waals surface area (Å²) < 4.78 is 0. The number of thiazole rings is 1. The number of rotatable bonds is 2. The Morgan fingerprint density at radius 3 is 2.95 bits per heavy atom. The lowest BCUT2D eigenvalue weighted by atomic mass is 9.96. The molecule has 1 aromatic rings. The fourth-order valence-corrected chi connectivity index (χ4v) is 4.18. The van der Waals surface area contributed by atoms with Crippen LogP contribution >= 0.6 is 11.3 Å². The van der Waals surface area contributed by atoms with E-state index in [1.807, 2.05) is 11.6 Å². The summed E-state index contributed by atoms with van der Waals surface area (Å²) in [5, 5.41) is 3.23. The number of hydrogen-bond donors (Lipinski definition) is 0. The number of nitrogens with zero attached hydrogens (tertiary/aromatic N) is 3. The minimum atomic E-state index is 0.110. The number of likely N-dealkylation sites (tertiary alicyclic amines) is 2. The van der Waals surface area contributed by atoms with Gasteiger partial charge in [0.15, 0.2) is 0 Å². The molecule has 0 aliphatic carbocycles. The van der Waals surface area contributed by atoms with Crippen molar-refractivity contribution in [2.75, 3.05) is 26.7 Å². The van der Waals surface area contributed by atoms with Gasteiger partial charge in [0.05, 0.1) is 11.0 Å². The molecule has 4 nitrogen and oxygen atoms in total. The summed E-state index contributed by atoms with van der Waals surface area (Å²) in [6.07, 6.45) is 7.57. The minimum Gasteiger partial charge on any atom is -0.341 e. The maximum Gasteiger partial charge on any atom is 0.239 e. The minimum absolute atomic E-state index is 0.110. The third kappa shape index (κ3) is 2.88. The largest absolute Gasteiger partial charge is 0.341 e. The van der Waals surface area contributed by atoms with Crippen LogP contribution in [-0.4, -0.2) is 53.4 Å². The van der Waals surface area contributed by atoms with Gasteiger partial charge < -0.3 is 4.90 Å². The topological polar surface area (TPSA) is 36.4 Å². The Bertz CT molecular complexity index is 448. The van der Waals surface area contributed by atoms with Crippen LogP contribution in [0.5, 0.6) is 0 Å². The lowest BCUT2D eigenvalue weighted by Crippen LogP contribution is -2.51. The smallest absolute Gasteiger partial charge is 0.239 e. The van der Waals surface area contributed by atoms with E-state index in [0.29, 0.717) is 11.8 Å². The maximum absolute atomic E-state index is 12.7. The van der Waals surface area contributed by atoms with E-state index in [1.165, 1.54) is 17.8 Å². The van der Waals surface area contributed by atoms with Crippen molar-refractivity contribution >= 4 is 17.2 Å². The zero-order valence-electron chi connectivity index (χ0n) is 12.1. The van der Waals surface area contributed by atoms with Crippen LogP contribution in [0.2, 0.25) is 0 Å². The molecule has 2 saturated heterocycles. The molecule has 3 rings (SSSR count). The number of carbonyl (C=O) groups is 1. The van der Waals surface area contributed by atoms with Gasteiger partial charge in [-0.05, 0) is 39.3 Å². The van der Waals surface area contributed by atoms with Crippen LogP contribution in [0.4, 0.5) is 0 Å². The Balaban J connectivity index is 1.65. The van der Waals surface area contributed by atoms with Crippen LogP contribution in [0.1, 0.15) is 43.0 Å². The third-order valence-electron chi connectivity index (χ3n) is 4.59. The Hall–Kier alpha value is -0.940. The van der Waals surface area contributed by atoms with Crippen LogP contribution in [0.15, 0.2) is 11.6 Å². The lowest BCUT2D eigenvalue weighted by molar-refractivity contribution is -0.138. The molecule has 0 radical (unpaired) electrons. The highest BCUT2D eigenvalue weighted by Gasteiger charge is 2.33. The van der Waals surface area contributed by atoms with Crippen molar-refractivity contribution in [2.45, 2.75) is 44.1 Å². The van der Waals surface area contributed by atoms with Gasteiger partial charge in [-0.3, -0.25) is 9.69 Å². The summed E-state index contributed by atoms with van der Waals surface area (Å²) in [5.74, 6) is 0.787. The van der Waals surface area contributed by atoms with Gasteiger partial charge in [0.25, 0.3) is 0 Å². The van der Waals surface area contributed by atoms with Crippen LogP contribution < -0.4 is 0 Å². The number of carbonyl (C=O) groups excluding carboxylic acids is 1. The molecule has 0 spiro atoms. The molecule has 20 heavy (non-hydrogen) atoms. The number of amides is 1. The fraction of sp³-hybridized carbons (Fsp3) is 0.733. The van der Waals surface area contributed by atoms with Gasteiger partial charge in [-0.15, -0.1) is 11.3 Å². The monoisotopic (exact) mass is 293 g/mol. The van der Waals surface area contributed by atoms with Crippen LogP contribution in [0.3, 0.4) is 0 Å². The molecule has 5 heteroatoms. The second-order valence-electron chi connectivity index (χ2n) is 5.99. The predicted molar refractivity (Wildman–Crippen MR) is 80.9 cm³/mol. The SMILES string of the molecule is CN1CCCC[C@H]1C(=O)N1CCC[C@H](c2nccs2)C1. The van der Waals surface area contributed by atoms with Gasteiger partial charge in [0.1, 0.15) is 0 Å². The highest BCUT2D eigenvalue weighted by Crippen LogP contribution is 2.29. The van der Waals surface area contributed by atoms with E-state index in [-0.39, 0.29) is 6.04 Å². The molecule has 0 unspecified atom stereocenters. The summed E-state index contributed by atoms with van der Waals surface area (Å²) in [7, 11) is 2.09. The molecule has 2 aliphatic rings. The molecule has 2 aliphatic heterocycles.